The van der Waals surface area contributed by atoms with Gasteiger partial charge in [0.1, 0.15) is 0 Å². The van der Waals surface area contributed by atoms with Crippen LogP contribution < -0.4 is 4.90 Å². The van der Waals surface area contributed by atoms with Gasteiger partial charge in [-0.1, -0.05) is 0 Å². The molecule has 1 fully saturated rings. The van der Waals surface area contributed by atoms with Gasteiger partial charge in [0.15, 0.2) is 0 Å². The Kier molecular flexibility index (Phi) is 3.74. The SMILES string of the molecule is COC[C@H]1CN(c2ccncc2C)CCO1. The van der Waals surface area contributed by atoms with Gasteiger partial charge in [0.05, 0.1) is 19.3 Å². The first kappa shape index (κ1) is 11.4. The number of aromatic nitrogens is 1. The Hall–Kier alpha value is -1.13. The fourth-order valence-corrected chi connectivity index (χ4v) is 2.05. The van der Waals surface area contributed by atoms with E-state index in [9.17, 15) is 0 Å². The van der Waals surface area contributed by atoms with E-state index in [0.29, 0.717) is 6.61 Å². The van der Waals surface area contributed by atoms with Crippen molar-refractivity contribution in [3.63, 3.8) is 0 Å². The molecule has 2 rings (SSSR count). The smallest absolute Gasteiger partial charge is 0.0983 e. The van der Waals surface area contributed by atoms with Crippen LogP contribution in [0.2, 0.25) is 0 Å². The molecular weight excluding hydrogens is 204 g/mol. The van der Waals surface area contributed by atoms with Gasteiger partial charge in [-0.2, -0.15) is 0 Å². The lowest BCUT2D eigenvalue weighted by atomic mass is 10.2. The molecule has 2 heterocycles. The Morgan fingerprint density at radius 2 is 2.50 bits per heavy atom. The third kappa shape index (κ3) is 2.51. The van der Waals surface area contributed by atoms with Crippen LogP contribution in [0, 0.1) is 6.92 Å². The highest BCUT2D eigenvalue weighted by Gasteiger charge is 2.21. The Labute approximate surface area is 96.2 Å². The minimum Gasteiger partial charge on any atom is -0.382 e. The third-order valence-electron chi connectivity index (χ3n) is 2.82. The topological polar surface area (TPSA) is 34.6 Å². The molecule has 1 atom stereocenters. The van der Waals surface area contributed by atoms with Gasteiger partial charge in [-0.15, -0.1) is 0 Å². The summed E-state index contributed by atoms with van der Waals surface area (Å²) in [6.45, 7) is 5.32. The van der Waals surface area contributed by atoms with Crippen molar-refractivity contribution in [3.8, 4) is 0 Å². The van der Waals surface area contributed by atoms with E-state index in [4.69, 9.17) is 9.47 Å². The van der Waals surface area contributed by atoms with Crippen LogP contribution in [0.4, 0.5) is 5.69 Å². The van der Waals surface area contributed by atoms with Gasteiger partial charge in [-0.25, -0.2) is 0 Å². The second-order valence-corrected chi connectivity index (χ2v) is 4.06. The fraction of sp³-hybridized carbons (Fsp3) is 0.583. The molecule has 0 spiro atoms. The molecule has 4 heteroatoms. The highest BCUT2D eigenvalue weighted by molar-refractivity contribution is 5.51. The minimum atomic E-state index is 0.173. The van der Waals surface area contributed by atoms with E-state index in [-0.39, 0.29) is 6.10 Å². The molecule has 1 saturated heterocycles. The van der Waals surface area contributed by atoms with E-state index < -0.39 is 0 Å². The zero-order valence-electron chi connectivity index (χ0n) is 9.85. The molecule has 0 N–H and O–H groups in total. The van der Waals surface area contributed by atoms with E-state index in [1.54, 1.807) is 7.11 Å². The molecular formula is C12H18N2O2. The molecule has 0 aliphatic carbocycles. The minimum absolute atomic E-state index is 0.173. The first-order valence-electron chi connectivity index (χ1n) is 5.57. The van der Waals surface area contributed by atoms with Crippen molar-refractivity contribution < 1.29 is 9.47 Å². The summed E-state index contributed by atoms with van der Waals surface area (Å²) in [7, 11) is 1.71. The monoisotopic (exact) mass is 222 g/mol. The molecule has 0 amide bonds. The molecule has 0 saturated carbocycles. The number of aryl methyl sites for hydroxylation is 1. The Balaban J connectivity index is 2.07. The highest BCUT2D eigenvalue weighted by Crippen LogP contribution is 2.20. The van der Waals surface area contributed by atoms with E-state index >= 15 is 0 Å². The van der Waals surface area contributed by atoms with Crippen LogP contribution in [0.25, 0.3) is 0 Å². The lowest BCUT2D eigenvalue weighted by Gasteiger charge is -2.34. The summed E-state index contributed by atoms with van der Waals surface area (Å²) in [4.78, 5) is 6.45. The maximum Gasteiger partial charge on any atom is 0.0983 e. The van der Waals surface area contributed by atoms with Crippen LogP contribution >= 0.6 is 0 Å². The number of hydrogen-bond donors (Lipinski definition) is 0. The Bertz CT molecular complexity index is 342. The number of methoxy groups -OCH3 is 1. The molecule has 4 nitrogen and oxygen atoms in total. The number of anilines is 1. The van der Waals surface area contributed by atoms with Gasteiger partial charge in [-0.3, -0.25) is 4.98 Å². The van der Waals surface area contributed by atoms with Crippen molar-refractivity contribution in [1.82, 2.24) is 4.98 Å². The third-order valence-corrected chi connectivity index (χ3v) is 2.82. The number of hydrogen-bond acceptors (Lipinski definition) is 4. The molecule has 1 aromatic rings. The van der Waals surface area contributed by atoms with Crippen LogP contribution in [0.3, 0.4) is 0 Å². The van der Waals surface area contributed by atoms with Crippen LogP contribution in [-0.2, 0) is 9.47 Å². The van der Waals surface area contributed by atoms with Crippen molar-refractivity contribution in [2.24, 2.45) is 0 Å². The van der Waals surface area contributed by atoms with Gasteiger partial charge in [-0.05, 0) is 18.6 Å². The lowest BCUT2D eigenvalue weighted by Crippen LogP contribution is -2.44. The van der Waals surface area contributed by atoms with Gasteiger partial charge in [0.2, 0.25) is 0 Å². The molecule has 0 radical (unpaired) electrons. The Morgan fingerprint density at radius 3 is 3.25 bits per heavy atom. The van der Waals surface area contributed by atoms with Crippen molar-refractivity contribution >= 4 is 5.69 Å². The van der Waals surface area contributed by atoms with E-state index in [0.717, 1.165) is 19.7 Å². The van der Waals surface area contributed by atoms with Crippen molar-refractivity contribution in [2.75, 3.05) is 38.3 Å². The summed E-state index contributed by atoms with van der Waals surface area (Å²) in [5.74, 6) is 0. The largest absolute Gasteiger partial charge is 0.382 e. The number of morpholine rings is 1. The predicted octanol–water partition coefficient (Wildman–Crippen LogP) is 1.24. The van der Waals surface area contributed by atoms with Crippen molar-refractivity contribution in [3.05, 3.63) is 24.0 Å². The molecule has 1 aliphatic rings. The number of pyridine rings is 1. The van der Waals surface area contributed by atoms with Crippen LogP contribution in [-0.4, -0.2) is 44.5 Å². The fourth-order valence-electron chi connectivity index (χ4n) is 2.05. The summed E-state index contributed by atoms with van der Waals surface area (Å²) in [5, 5.41) is 0. The summed E-state index contributed by atoms with van der Waals surface area (Å²) in [6.07, 6.45) is 3.91. The van der Waals surface area contributed by atoms with Crippen molar-refractivity contribution in [1.29, 1.82) is 0 Å². The van der Waals surface area contributed by atoms with Crippen LogP contribution in [0.1, 0.15) is 5.56 Å². The molecule has 88 valence electrons. The number of ether oxygens (including phenoxy) is 2. The molecule has 16 heavy (non-hydrogen) atoms. The van der Waals surface area contributed by atoms with Crippen LogP contribution in [0.5, 0.6) is 0 Å². The maximum atomic E-state index is 5.63. The Morgan fingerprint density at radius 1 is 1.62 bits per heavy atom. The normalized spacial score (nSPS) is 21.1. The average molecular weight is 222 g/mol. The second kappa shape index (κ2) is 5.27. The second-order valence-electron chi connectivity index (χ2n) is 4.06. The highest BCUT2D eigenvalue weighted by atomic mass is 16.5. The zero-order chi connectivity index (χ0) is 11.4. The summed E-state index contributed by atoms with van der Waals surface area (Å²) < 4.78 is 10.8. The maximum absolute atomic E-state index is 5.63. The van der Waals surface area contributed by atoms with Crippen LogP contribution in [0.15, 0.2) is 18.5 Å². The van der Waals surface area contributed by atoms with Gasteiger partial charge < -0.3 is 14.4 Å². The predicted molar refractivity (Wildman–Crippen MR) is 62.8 cm³/mol. The first-order chi connectivity index (χ1) is 7.81. The average Bonchev–Trinajstić information content (AvgIpc) is 2.30. The summed E-state index contributed by atoms with van der Waals surface area (Å²) in [5.41, 5.74) is 2.46. The van der Waals surface area contributed by atoms with Gasteiger partial charge >= 0.3 is 0 Å². The number of nitrogens with zero attached hydrogens (tertiary/aromatic N) is 2. The standard InChI is InChI=1S/C12H18N2O2/c1-10-7-13-4-3-12(10)14-5-6-16-11(8-14)9-15-2/h3-4,7,11H,5-6,8-9H2,1-2H3/t11-/m1/s1. The molecule has 1 aromatic heterocycles. The molecule has 0 unspecified atom stereocenters. The first-order valence-corrected chi connectivity index (χ1v) is 5.57. The number of rotatable bonds is 3. The van der Waals surface area contributed by atoms with Gasteiger partial charge in [0, 0.05) is 38.3 Å². The van der Waals surface area contributed by atoms with Gasteiger partial charge in [0.25, 0.3) is 0 Å². The molecule has 1 aliphatic heterocycles. The summed E-state index contributed by atoms with van der Waals surface area (Å²) >= 11 is 0. The lowest BCUT2D eigenvalue weighted by molar-refractivity contribution is -0.0100. The molecule has 0 aromatic carbocycles. The van der Waals surface area contributed by atoms with E-state index in [1.807, 2.05) is 12.4 Å². The quantitative estimate of drug-likeness (QED) is 0.770. The van der Waals surface area contributed by atoms with Crippen molar-refractivity contribution in [2.45, 2.75) is 13.0 Å². The summed E-state index contributed by atoms with van der Waals surface area (Å²) in [6, 6.07) is 2.06. The van der Waals surface area contributed by atoms with E-state index in [2.05, 4.69) is 22.9 Å². The zero-order valence-corrected chi connectivity index (χ0v) is 9.85. The molecule has 0 bridgehead atoms. The van der Waals surface area contributed by atoms with E-state index in [1.165, 1.54) is 11.3 Å².